The van der Waals surface area contributed by atoms with Gasteiger partial charge in [0.2, 0.25) is 0 Å². The predicted molar refractivity (Wildman–Crippen MR) is 55.1 cm³/mol. The number of hydrogen-bond acceptors (Lipinski definition) is 3. The van der Waals surface area contributed by atoms with Gasteiger partial charge in [-0.25, -0.2) is 0 Å². The fraction of sp³-hybridized carbons (Fsp3) is 0.727. The molecule has 1 fully saturated rings. The van der Waals surface area contributed by atoms with Gasteiger partial charge in [0, 0.05) is 11.1 Å². The predicted octanol–water partition coefficient (Wildman–Crippen LogP) is 2.22. The number of aryl methyl sites for hydroxylation is 1. The molecular weight excluding hydrogens is 176 g/mol. The first kappa shape index (κ1) is 9.71. The smallest absolute Gasteiger partial charge is 0.127 e. The average molecular weight is 194 g/mol. The van der Waals surface area contributed by atoms with Gasteiger partial charge in [-0.05, 0) is 31.6 Å². The van der Waals surface area contributed by atoms with Gasteiger partial charge in [-0.15, -0.1) is 0 Å². The van der Waals surface area contributed by atoms with Crippen molar-refractivity contribution in [3.05, 3.63) is 17.5 Å². The van der Waals surface area contributed by atoms with Gasteiger partial charge in [0.1, 0.15) is 6.26 Å². The average Bonchev–Trinajstić information content (AvgIpc) is 2.68. The maximum absolute atomic E-state index is 6.04. The molecule has 3 nitrogen and oxygen atoms in total. The highest BCUT2D eigenvalue weighted by Crippen LogP contribution is 2.37. The largest absolute Gasteiger partial charge is 0.364 e. The van der Waals surface area contributed by atoms with Crippen LogP contribution in [0, 0.1) is 0 Å². The Bertz CT molecular complexity index is 313. The third-order valence-electron chi connectivity index (χ3n) is 3.01. The van der Waals surface area contributed by atoms with E-state index in [1.807, 2.05) is 0 Å². The van der Waals surface area contributed by atoms with Crippen LogP contribution in [0.1, 0.15) is 50.3 Å². The third-order valence-corrected chi connectivity index (χ3v) is 3.01. The molecule has 14 heavy (non-hydrogen) atoms. The molecule has 78 valence electrons. The summed E-state index contributed by atoms with van der Waals surface area (Å²) in [7, 11) is 0. The maximum Gasteiger partial charge on any atom is 0.127 e. The molecule has 1 aliphatic rings. The number of aromatic nitrogens is 1. The SMILES string of the molecule is CC(C)c1nocc1CCC1(N)CC1. The summed E-state index contributed by atoms with van der Waals surface area (Å²) in [6.45, 7) is 4.27. The zero-order valence-electron chi connectivity index (χ0n) is 8.92. The molecule has 0 radical (unpaired) electrons. The minimum atomic E-state index is 0.130. The molecule has 1 saturated carbocycles. The number of nitrogens with zero attached hydrogens (tertiary/aromatic N) is 1. The van der Waals surface area contributed by atoms with Crippen molar-refractivity contribution < 1.29 is 4.52 Å². The molecule has 0 saturated heterocycles. The van der Waals surface area contributed by atoms with Gasteiger partial charge in [-0.3, -0.25) is 0 Å². The molecule has 0 bridgehead atoms. The summed E-state index contributed by atoms with van der Waals surface area (Å²) in [6.07, 6.45) is 6.19. The molecule has 1 heterocycles. The second-order valence-electron chi connectivity index (χ2n) is 4.74. The van der Waals surface area contributed by atoms with Crippen LogP contribution in [0.2, 0.25) is 0 Å². The standard InChI is InChI=1S/C11H18N2O/c1-8(2)10-9(7-14-13-10)3-4-11(12)5-6-11/h7-8H,3-6,12H2,1-2H3. The van der Waals surface area contributed by atoms with E-state index in [1.165, 1.54) is 18.4 Å². The van der Waals surface area contributed by atoms with Crippen molar-refractivity contribution in [2.24, 2.45) is 5.73 Å². The highest BCUT2D eigenvalue weighted by molar-refractivity contribution is 5.19. The van der Waals surface area contributed by atoms with Crippen LogP contribution in [-0.4, -0.2) is 10.7 Å². The molecule has 1 aliphatic carbocycles. The summed E-state index contributed by atoms with van der Waals surface area (Å²) in [4.78, 5) is 0. The fourth-order valence-corrected chi connectivity index (χ4v) is 1.72. The molecule has 3 heteroatoms. The van der Waals surface area contributed by atoms with Gasteiger partial charge in [-0.2, -0.15) is 0 Å². The van der Waals surface area contributed by atoms with Crippen molar-refractivity contribution in [1.29, 1.82) is 0 Å². The first-order valence-electron chi connectivity index (χ1n) is 5.33. The van der Waals surface area contributed by atoms with Crippen LogP contribution in [-0.2, 0) is 6.42 Å². The number of hydrogen-bond donors (Lipinski definition) is 1. The minimum Gasteiger partial charge on any atom is -0.364 e. The zero-order chi connectivity index (χ0) is 10.2. The quantitative estimate of drug-likeness (QED) is 0.799. The van der Waals surface area contributed by atoms with Crippen molar-refractivity contribution >= 4 is 0 Å². The van der Waals surface area contributed by atoms with Gasteiger partial charge in [0.15, 0.2) is 0 Å². The summed E-state index contributed by atoms with van der Waals surface area (Å²) in [5.74, 6) is 0.441. The van der Waals surface area contributed by atoms with Crippen LogP contribution in [0.15, 0.2) is 10.8 Å². The summed E-state index contributed by atoms with van der Waals surface area (Å²) in [5, 5.41) is 4.02. The van der Waals surface area contributed by atoms with Crippen LogP contribution in [0.3, 0.4) is 0 Å². The minimum absolute atomic E-state index is 0.130. The zero-order valence-corrected chi connectivity index (χ0v) is 8.92. The van der Waals surface area contributed by atoms with Crippen LogP contribution in [0.5, 0.6) is 0 Å². The summed E-state index contributed by atoms with van der Waals surface area (Å²) in [6, 6.07) is 0. The molecule has 2 rings (SSSR count). The lowest BCUT2D eigenvalue weighted by Gasteiger charge is -2.08. The van der Waals surface area contributed by atoms with E-state index in [-0.39, 0.29) is 5.54 Å². The number of nitrogens with two attached hydrogens (primary N) is 1. The Kier molecular flexibility index (Phi) is 2.35. The van der Waals surface area contributed by atoms with Gasteiger partial charge in [-0.1, -0.05) is 19.0 Å². The summed E-state index contributed by atoms with van der Waals surface area (Å²) >= 11 is 0. The lowest BCUT2D eigenvalue weighted by molar-refractivity contribution is 0.408. The summed E-state index contributed by atoms with van der Waals surface area (Å²) in [5.41, 5.74) is 8.49. The van der Waals surface area contributed by atoms with E-state index < -0.39 is 0 Å². The molecule has 1 aromatic heterocycles. The Morgan fingerprint density at radius 3 is 2.86 bits per heavy atom. The van der Waals surface area contributed by atoms with E-state index in [0.29, 0.717) is 5.92 Å². The van der Waals surface area contributed by atoms with Crippen LogP contribution >= 0.6 is 0 Å². The Labute approximate surface area is 84.7 Å². The van der Waals surface area contributed by atoms with Crippen molar-refractivity contribution in [2.45, 2.75) is 51.0 Å². The molecule has 0 amide bonds. The molecule has 0 spiro atoms. The van der Waals surface area contributed by atoms with Gasteiger partial charge < -0.3 is 10.3 Å². The normalized spacial score (nSPS) is 18.9. The maximum atomic E-state index is 6.04. The van der Waals surface area contributed by atoms with E-state index >= 15 is 0 Å². The van der Waals surface area contributed by atoms with Crippen molar-refractivity contribution in [3.63, 3.8) is 0 Å². The monoisotopic (exact) mass is 194 g/mol. The first-order chi connectivity index (χ1) is 6.61. The molecular formula is C11H18N2O. The van der Waals surface area contributed by atoms with E-state index in [1.54, 1.807) is 6.26 Å². The van der Waals surface area contributed by atoms with Crippen molar-refractivity contribution in [3.8, 4) is 0 Å². The van der Waals surface area contributed by atoms with Crippen molar-refractivity contribution in [1.82, 2.24) is 5.16 Å². The third kappa shape index (κ3) is 1.98. The Morgan fingerprint density at radius 2 is 2.29 bits per heavy atom. The topological polar surface area (TPSA) is 52.0 Å². The van der Waals surface area contributed by atoms with Crippen molar-refractivity contribution in [2.75, 3.05) is 0 Å². The fourth-order valence-electron chi connectivity index (χ4n) is 1.72. The highest BCUT2D eigenvalue weighted by Gasteiger charge is 2.37. The molecule has 2 N–H and O–H groups in total. The van der Waals surface area contributed by atoms with E-state index in [4.69, 9.17) is 10.3 Å². The Balaban J connectivity index is 1.98. The Hall–Kier alpha value is -0.830. The van der Waals surface area contributed by atoms with Crippen LogP contribution < -0.4 is 5.73 Å². The van der Waals surface area contributed by atoms with Gasteiger partial charge in [0.25, 0.3) is 0 Å². The van der Waals surface area contributed by atoms with Crippen LogP contribution in [0.4, 0.5) is 0 Å². The molecule has 0 aromatic carbocycles. The van der Waals surface area contributed by atoms with Crippen LogP contribution in [0.25, 0.3) is 0 Å². The summed E-state index contributed by atoms with van der Waals surface area (Å²) < 4.78 is 5.00. The molecule has 0 aliphatic heterocycles. The van der Waals surface area contributed by atoms with Gasteiger partial charge in [0.05, 0.1) is 5.69 Å². The van der Waals surface area contributed by atoms with Gasteiger partial charge >= 0.3 is 0 Å². The number of rotatable bonds is 4. The molecule has 0 atom stereocenters. The Morgan fingerprint density at radius 1 is 1.57 bits per heavy atom. The second-order valence-corrected chi connectivity index (χ2v) is 4.74. The lowest BCUT2D eigenvalue weighted by Crippen LogP contribution is -2.22. The first-order valence-corrected chi connectivity index (χ1v) is 5.33. The lowest BCUT2D eigenvalue weighted by atomic mass is 10.00. The highest BCUT2D eigenvalue weighted by atomic mass is 16.5. The van der Waals surface area contributed by atoms with E-state index in [0.717, 1.165) is 18.5 Å². The molecule has 1 aromatic rings. The van der Waals surface area contributed by atoms with E-state index in [9.17, 15) is 0 Å². The molecule has 0 unspecified atom stereocenters. The van der Waals surface area contributed by atoms with E-state index in [2.05, 4.69) is 19.0 Å². The second kappa shape index (κ2) is 3.39.